The predicted octanol–water partition coefficient (Wildman–Crippen LogP) is 1.55. The van der Waals surface area contributed by atoms with Gasteiger partial charge in [-0.2, -0.15) is 10.4 Å². The summed E-state index contributed by atoms with van der Waals surface area (Å²) in [4.78, 5) is 0. The fourth-order valence-electron chi connectivity index (χ4n) is 1.46. The summed E-state index contributed by atoms with van der Waals surface area (Å²) >= 11 is 0. The number of halogens is 1. The van der Waals surface area contributed by atoms with Gasteiger partial charge in [0.15, 0.2) is 0 Å². The van der Waals surface area contributed by atoms with E-state index in [-0.39, 0.29) is 5.56 Å². The van der Waals surface area contributed by atoms with E-state index in [1.54, 1.807) is 12.1 Å². The van der Waals surface area contributed by atoms with Crippen molar-refractivity contribution in [3.05, 3.63) is 35.1 Å². The van der Waals surface area contributed by atoms with E-state index in [0.29, 0.717) is 24.2 Å². The maximum atomic E-state index is 13.1. The fraction of sp³-hybridized carbons (Fsp3) is 0.182. The van der Waals surface area contributed by atoms with Crippen molar-refractivity contribution >= 4 is 11.5 Å². The molecule has 2 N–H and O–H groups in total. The summed E-state index contributed by atoms with van der Waals surface area (Å²) in [5.41, 5.74) is 6.95. The van der Waals surface area contributed by atoms with Crippen LogP contribution in [-0.2, 0) is 0 Å². The summed E-state index contributed by atoms with van der Waals surface area (Å²) in [7, 11) is 0. The van der Waals surface area contributed by atoms with Crippen LogP contribution in [0.4, 0.5) is 4.39 Å². The molecular weight excluding hydrogens is 207 g/mol. The summed E-state index contributed by atoms with van der Waals surface area (Å²) in [5, 5.41) is 16.4. The molecule has 0 radical (unpaired) electrons. The molecule has 1 heterocycles. The van der Waals surface area contributed by atoms with Gasteiger partial charge in [0.25, 0.3) is 0 Å². The highest BCUT2D eigenvalue weighted by Crippen LogP contribution is 2.15. The van der Waals surface area contributed by atoms with E-state index in [2.05, 4.69) is 10.2 Å². The molecule has 1 aromatic rings. The van der Waals surface area contributed by atoms with Crippen molar-refractivity contribution in [2.45, 2.75) is 12.8 Å². The molecular formula is C11H9FN4. The Balaban J connectivity index is 2.39. The molecule has 0 fully saturated rings. The molecule has 0 spiro atoms. The molecule has 0 aromatic heterocycles. The van der Waals surface area contributed by atoms with Crippen molar-refractivity contribution in [2.24, 2.45) is 15.9 Å². The molecule has 2 rings (SSSR count). The number of nitrogens with zero attached hydrogens (tertiary/aromatic N) is 3. The van der Waals surface area contributed by atoms with Gasteiger partial charge in [0.05, 0.1) is 11.3 Å². The van der Waals surface area contributed by atoms with Crippen molar-refractivity contribution in [1.82, 2.24) is 0 Å². The molecule has 80 valence electrons. The quantitative estimate of drug-likeness (QED) is 0.773. The van der Waals surface area contributed by atoms with E-state index in [9.17, 15) is 4.39 Å². The van der Waals surface area contributed by atoms with Gasteiger partial charge in [-0.25, -0.2) is 4.39 Å². The highest BCUT2D eigenvalue weighted by Gasteiger charge is 2.11. The molecule has 16 heavy (non-hydrogen) atoms. The summed E-state index contributed by atoms with van der Waals surface area (Å²) in [5.74, 6) is -0.0305. The fourth-order valence-corrected chi connectivity index (χ4v) is 1.46. The second kappa shape index (κ2) is 4.11. The Bertz CT molecular complexity index is 525. The summed E-state index contributed by atoms with van der Waals surface area (Å²) in [6, 6.07) is 6.12. The monoisotopic (exact) mass is 216 g/mol. The normalized spacial score (nSPS) is 15.0. The Hall–Kier alpha value is -2.22. The minimum atomic E-state index is -0.523. The van der Waals surface area contributed by atoms with Crippen LogP contribution in [-0.4, -0.2) is 11.5 Å². The maximum absolute atomic E-state index is 13.1. The van der Waals surface area contributed by atoms with Gasteiger partial charge in [0.2, 0.25) is 0 Å². The van der Waals surface area contributed by atoms with Crippen LogP contribution in [0.3, 0.4) is 0 Å². The second-order valence-electron chi connectivity index (χ2n) is 3.44. The van der Waals surface area contributed by atoms with E-state index in [4.69, 9.17) is 11.0 Å². The summed E-state index contributed by atoms with van der Waals surface area (Å²) in [6.07, 6.45) is 1.30. The summed E-state index contributed by atoms with van der Waals surface area (Å²) in [6.45, 7) is 0. The first-order valence-electron chi connectivity index (χ1n) is 4.79. The molecule has 0 saturated carbocycles. The molecule has 0 aliphatic carbocycles. The van der Waals surface area contributed by atoms with Crippen molar-refractivity contribution in [3.8, 4) is 6.07 Å². The standard InChI is InChI=1S/C11H9FN4/c12-9-2-1-7(5-8(9)6-13)10-3-4-11(14)16-15-10/h1-2,5H,3-4H2,(H2,14,16). The maximum Gasteiger partial charge on any atom is 0.140 e. The van der Waals surface area contributed by atoms with Gasteiger partial charge in [-0.1, -0.05) is 6.07 Å². The topological polar surface area (TPSA) is 74.5 Å². The molecule has 0 unspecified atom stereocenters. The number of hydrogen-bond donors (Lipinski definition) is 1. The Morgan fingerprint density at radius 2 is 2.12 bits per heavy atom. The van der Waals surface area contributed by atoms with E-state index in [1.807, 2.05) is 0 Å². The lowest BCUT2D eigenvalue weighted by Crippen LogP contribution is -2.17. The van der Waals surface area contributed by atoms with Crippen LogP contribution in [0, 0.1) is 17.1 Å². The van der Waals surface area contributed by atoms with Crippen LogP contribution in [0.1, 0.15) is 24.0 Å². The number of hydrogen-bond acceptors (Lipinski definition) is 4. The highest BCUT2D eigenvalue weighted by atomic mass is 19.1. The Kier molecular flexibility index (Phi) is 2.64. The minimum absolute atomic E-state index is 0.0164. The average molecular weight is 216 g/mol. The van der Waals surface area contributed by atoms with Crippen LogP contribution in [0.2, 0.25) is 0 Å². The third-order valence-corrected chi connectivity index (χ3v) is 2.34. The first-order valence-corrected chi connectivity index (χ1v) is 4.79. The van der Waals surface area contributed by atoms with E-state index in [1.165, 1.54) is 12.1 Å². The van der Waals surface area contributed by atoms with E-state index < -0.39 is 5.82 Å². The number of benzene rings is 1. The van der Waals surface area contributed by atoms with Crippen LogP contribution < -0.4 is 5.73 Å². The Morgan fingerprint density at radius 1 is 1.31 bits per heavy atom. The zero-order chi connectivity index (χ0) is 11.5. The van der Waals surface area contributed by atoms with Gasteiger partial charge in [0, 0.05) is 6.42 Å². The predicted molar refractivity (Wildman–Crippen MR) is 58.5 cm³/mol. The van der Waals surface area contributed by atoms with Crippen molar-refractivity contribution in [1.29, 1.82) is 5.26 Å². The van der Waals surface area contributed by atoms with Gasteiger partial charge >= 0.3 is 0 Å². The van der Waals surface area contributed by atoms with Crippen molar-refractivity contribution in [2.75, 3.05) is 0 Å². The lowest BCUT2D eigenvalue weighted by Gasteiger charge is -2.09. The largest absolute Gasteiger partial charge is 0.386 e. The second-order valence-corrected chi connectivity index (χ2v) is 3.44. The van der Waals surface area contributed by atoms with Gasteiger partial charge in [-0.3, -0.25) is 0 Å². The zero-order valence-corrected chi connectivity index (χ0v) is 8.44. The van der Waals surface area contributed by atoms with Gasteiger partial charge in [0.1, 0.15) is 17.7 Å². The molecule has 5 heteroatoms. The molecule has 1 aromatic carbocycles. The first-order chi connectivity index (χ1) is 7.70. The third-order valence-electron chi connectivity index (χ3n) is 2.34. The Labute approximate surface area is 91.9 Å². The lowest BCUT2D eigenvalue weighted by atomic mass is 10.0. The van der Waals surface area contributed by atoms with Crippen LogP contribution in [0.5, 0.6) is 0 Å². The van der Waals surface area contributed by atoms with Crippen LogP contribution in [0.25, 0.3) is 0 Å². The summed E-state index contributed by atoms with van der Waals surface area (Å²) < 4.78 is 13.1. The highest BCUT2D eigenvalue weighted by molar-refractivity contribution is 6.04. The Morgan fingerprint density at radius 3 is 2.75 bits per heavy atom. The number of nitriles is 1. The smallest absolute Gasteiger partial charge is 0.140 e. The number of nitrogens with two attached hydrogens (primary N) is 1. The van der Waals surface area contributed by atoms with Gasteiger partial charge in [-0.15, -0.1) is 5.10 Å². The van der Waals surface area contributed by atoms with Crippen molar-refractivity contribution in [3.63, 3.8) is 0 Å². The molecule has 0 bridgehead atoms. The molecule has 1 aliphatic rings. The molecule has 0 saturated heterocycles. The third kappa shape index (κ3) is 1.91. The van der Waals surface area contributed by atoms with E-state index >= 15 is 0 Å². The number of amidine groups is 1. The molecule has 4 nitrogen and oxygen atoms in total. The minimum Gasteiger partial charge on any atom is -0.386 e. The zero-order valence-electron chi connectivity index (χ0n) is 8.44. The number of rotatable bonds is 1. The van der Waals surface area contributed by atoms with Crippen molar-refractivity contribution < 1.29 is 4.39 Å². The van der Waals surface area contributed by atoms with Gasteiger partial charge < -0.3 is 5.73 Å². The lowest BCUT2D eigenvalue weighted by molar-refractivity contribution is 0.624. The van der Waals surface area contributed by atoms with E-state index in [0.717, 1.165) is 5.71 Å². The first kappa shape index (κ1) is 10.3. The van der Waals surface area contributed by atoms with Crippen LogP contribution >= 0.6 is 0 Å². The molecule has 0 atom stereocenters. The molecule has 0 amide bonds. The van der Waals surface area contributed by atoms with Gasteiger partial charge in [-0.05, 0) is 24.1 Å². The average Bonchev–Trinajstić information content (AvgIpc) is 2.31. The SMILES string of the molecule is N#Cc1cc(C2=NN=C(N)CC2)ccc1F. The van der Waals surface area contributed by atoms with Crippen LogP contribution in [0.15, 0.2) is 28.4 Å². The molecule has 1 aliphatic heterocycles.